The molecule has 1 aromatic carbocycles. The molecule has 0 amide bonds. The van der Waals surface area contributed by atoms with Crippen LogP contribution in [-0.2, 0) is 20.7 Å². The van der Waals surface area contributed by atoms with Crippen LogP contribution in [0, 0.1) is 6.92 Å². The Morgan fingerprint density at radius 2 is 1.75 bits per heavy atom. The van der Waals surface area contributed by atoms with Gasteiger partial charge in [0.05, 0.1) is 18.6 Å². The van der Waals surface area contributed by atoms with Crippen molar-refractivity contribution in [2.24, 2.45) is 5.73 Å². The van der Waals surface area contributed by atoms with E-state index in [9.17, 15) is 9.59 Å². The molecule has 0 aliphatic carbocycles. The maximum Gasteiger partial charge on any atom is 0.320 e. The van der Waals surface area contributed by atoms with Crippen molar-refractivity contribution >= 4 is 11.8 Å². The molecule has 134 valence electrons. The van der Waals surface area contributed by atoms with Gasteiger partial charge in [0, 0.05) is 0 Å². The van der Waals surface area contributed by atoms with E-state index in [0.29, 0.717) is 6.42 Å². The highest BCUT2D eigenvalue weighted by Crippen LogP contribution is 2.10. The minimum absolute atomic E-state index is 0.0570. The van der Waals surface area contributed by atoms with Gasteiger partial charge in [-0.15, -0.1) is 0 Å². The van der Waals surface area contributed by atoms with Crippen molar-refractivity contribution < 1.29 is 14.3 Å². The average Bonchev–Trinajstić information content (AvgIpc) is 2.45. The zero-order valence-electron chi connectivity index (χ0n) is 15.6. The van der Waals surface area contributed by atoms with Gasteiger partial charge in [-0.05, 0) is 53.7 Å². The fourth-order valence-electron chi connectivity index (χ4n) is 2.32. The zero-order chi connectivity index (χ0) is 18.5. The smallest absolute Gasteiger partial charge is 0.320 e. The van der Waals surface area contributed by atoms with Gasteiger partial charge in [-0.2, -0.15) is 0 Å². The van der Waals surface area contributed by atoms with Gasteiger partial charge in [0.15, 0.2) is 5.78 Å². The monoisotopic (exact) mass is 334 g/mol. The summed E-state index contributed by atoms with van der Waals surface area (Å²) in [4.78, 5) is 26.1. The molecule has 0 unspecified atom stereocenters. The van der Waals surface area contributed by atoms with E-state index in [1.807, 2.05) is 52.0 Å². The number of hydrogen-bond acceptors (Lipinski definition) is 5. The van der Waals surface area contributed by atoms with Crippen molar-refractivity contribution in [3.05, 3.63) is 35.4 Å². The Morgan fingerprint density at radius 3 is 2.25 bits per heavy atom. The lowest BCUT2D eigenvalue weighted by atomic mass is 9.98. The van der Waals surface area contributed by atoms with Gasteiger partial charge < -0.3 is 10.5 Å². The van der Waals surface area contributed by atoms with E-state index in [-0.39, 0.29) is 18.3 Å². The Balaban J connectivity index is 2.58. The van der Waals surface area contributed by atoms with E-state index in [1.54, 1.807) is 18.9 Å². The Kier molecular flexibility index (Phi) is 7.11. The largest absolute Gasteiger partial charge is 0.459 e. The van der Waals surface area contributed by atoms with Crippen molar-refractivity contribution in [1.82, 2.24) is 4.90 Å². The lowest BCUT2D eigenvalue weighted by molar-refractivity contribution is -0.156. The summed E-state index contributed by atoms with van der Waals surface area (Å²) < 4.78 is 5.28. The summed E-state index contributed by atoms with van der Waals surface area (Å²) in [5, 5.41) is 0. The third-order valence-corrected chi connectivity index (χ3v) is 3.81. The molecule has 0 fully saturated rings. The van der Waals surface area contributed by atoms with E-state index in [2.05, 4.69) is 0 Å². The molecule has 1 aromatic rings. The van der Waals surface area contributed by atoms with Gasteiger partial charge in [-0.25, -0.2) is 0 Å². The van der Waals surface area contributed by atoms with Crippen molar-refractivity contribution in [1.29, 1.82) is 0 Å². The minimum atomic E-state index is -0.594. The maximum atomic E-state index is 12.5. The van der Waals surface area contributed by atoms with Crippen LogP contribution in [-0.4, -0.2) is 47.9 Å². The van der Waals surface area contributed by atoms with Gasteiger partial charge in [0.1, 0.15) is 5.60 Å². The van der Waals surface area contributed by atoms with Gasteiger partial charge in [0.25, 0.3) is 0 Å². The Morgan fingerprint density at radius 1 is 1.21 bits per heavy atom. The standard InChI is InChI=1S/C19H30N2O3/c1-13-7-9-15(10-8-13)11-16(20)18(23)14(2)21(6)12-17(22)24-19(3,4)5/h7-10,14,16H,11-12,20H2,1-6H3/t14-,16-/m0/s1. The summed E-state index contributed by atoms with van der Waals surface area (Å²) in [5.41, 5.74) is 7.73. The molecule has 2 N–H and O–H groups in total. The van der Waals surface area contributed by atoms with Gasteiger partial charge in [0.2, 0.25) is 0 Å². The van der Waals surface area contributed by atoms with Gasteiger partial charge >= 0.3 is 5.97 Å². The number of ketones is 1. The topological polar surface area (TPSA) is 72.6 Å². The molecular formula is C19H30N2O3. The number of hydrogen-bond donors (Lipinski definition) is 1. The first-order valence-electron chi connectivity index (χ1n) is 8.26. The molecule has 0 aliphatic heterocycles. The number of esters is 1. The molecule has 0 radical (unpaired) electrons. The van der Waals surface area contributed by atoms with Crippen LogP contribution < -0.4 is 5.73 Å². The van der Waals surface area contributed by atoms with E-state index < -0.39 is 17.7 Å². The molecule has 0 spiro atoms. The summed E-state index contributed by atoms with van der Waals surface area (Å²) in [7, 11) is 1.73. The lowest BCUT2D eigenvalue weighted by Gasteiger charge is -2.27. The second-order valence-electron chi connectivity index (χ2n) is 7.38. The molecule has 0 aromatic heterocycles. The first kappa shape index (κ1) is 20.3. The molecule has 24 heavy (non-hydrogen) atoms. The number of rotatable bonds is 7. The molecule has 0 bridgehead atoms. The highest BCUT2D eigenvalue weighted by atomic mass is 16.6. The Bertz CT molecular complexity index is 561. The second kappa shape index (κ2) is 8.40. The molecule has 2 atom stereocenters. The predicted molar refractivity (Wildman–Crippen MR) is 95.8 cm³/mol. The summed E-state index contributed by atoms with van der Waals surface area (Å²) in [6, 6.07) is 6.94. The van der Waals surface area contributed by atoms with Crippen LogP contribution in [0.25, 0.3) is 0 Å². The fourth-order valence-corrected chi connectivity index (χ4v) is 2.32. The first-order chi connectivity index (χ1) is 11.0. The number of ether oxygens (including phenoxy) is 1. The van der Waals surface area contributed by atoms with Crippen LogP contribution in [0.3, 0.4) is 0 Å². The van der Waals surface area contributed by atoms with E-state index >= 15 is 0 Å². The van der Waals surface area contributed by atoms with Crippen LogP contribution in [0.15, 0.2) is 24.3 Å². The van der Waals surface area contributed by atoms with Crippen LogP contribution in [0.4, 0.5) is 0 Å². The molecule has 0 heterocycles. The summed E-state index contributed by atoms with van der Waals surface area (Å²) in [6.07, 6.45) is 0.490. The van der Waals surface area contributed by atoms with Crippen LogP contribution >= 0.6 is 0 Å². The number of Topliss-reactive ketones (excluding diaryl/α,β-unsaturated/α-hetero) is 1. The lowest BCUT2D eigenvalue weighted by Crippen LogP contribution is -2.48. The second-order valence-corrected chi connectivity index (χ2v) is 7.38. The van der Waals surface area contributed by atoms with Gasteiger partial charge in [-0.3, -0.25) is 14.5 Å². The minimum Gasteiger partial charge on any atom is -0.459 e. The number of benzene rings is 1. The van der Waals surface area contributed by atoms with Gasteiger partial charge in [-0.1, -0.05) is 29.8 Å². The highest BCUT2D eigenvalue weighted by molar-refractivity contribution is 5.89. The summed E-state index contributed by atoms with van der Waals surface area (Å²) in [5.74, 6) is -0.432. The maximum absolute atomic E-state index is 12.5. The van der Waals surface area contributed by atoms with Crippen LogP contribution in [0.1, 0.15) is 38.8 Å². The third kappa shape index (κ3) is 6.81. The van der Waals surface area contributed by atoms with E-state index in [1.165, 1.54) is 5.56 Å². The SMILES string of the molecule is Cc1ccc(C[C@H](N)C(=O)[C@H](C)N(C)CC(=O)OC(C)(C)C)cc1. The fraction of sp³-hybridized carbons (Fsp3) is 0.579. The number of nitrogens with zero attached hydrogens (tertiary/aromatic N) is 1. The normalized spacial score (nSPS) is 14.3. The summed E-state index contributed by atoms with van der Waals surface area (Å²) in [6.45, 7) is 9.29. The first-order valence-corrected chi connectivity index (χ1v) is 8.26. The van der Waals surface area contributed by atoms with Crippen molar-refractivity contribution in [3.8, 4) is 0 Å². The quantitative estimate of drug-likeness (QED) is 0.773. The van der Waals surface area contributed by atoms with E-state index in [4.69, 9.17) is 10.5 Å². The Hall–Kier alpha value is -1.72. The molecule has 0 saturated carbocycles. The van der Waals surface area contributed by atoms with E-state index in [0.717, 1.165) is 5.56 Å². The van der Waals surface area contributed by atoms with Crippen molar-refractivity contribution in [3.63, 3.8) is 0 Å². The Labute approximate surface area is 145 Å². The van der Waals surface area contributed by atoms with Crippen molar-refractivity contribution in [2.75, 3.05) is 13.6 Å². The number of aryl methyl sites for hydroxylation is 1. The third-order valence-electron chi connectivity index (χ3n) is 3.81. The number of carbonyl (C=O) groups is 2. The number of carbonyl (C=O) groups excluding carboxylic acids is 2. The summed E-state index contributed by atoms with van der Waals surface area (Å²) >= 11 is 0. The molecule has 5 heteroatoms. The molecule has 0 aliphatic rings. The van der Waals surface area contributed by atoms with Crippen LogP contribution in [0.2, 0.25) is 0 Å². The van der Waals surface area contributed by atoms with Crippen LogP contribution in [0.5, 0.6) is 0 Å². The highest BCUT2D eigenvalue weighted by Gasteiger charge is 2.26. The number of likely N-dealkylation sites (N-methyl/N-ethyl adjacent to an activating group) is 1. The average molecular weight is 334 g/mol. The molecule has 1 rings (SSSR count). The molecule has 5 nitrogen and oxygen atoms in total. The zero-order valence-corrected chi connectivity index (χ0v) is 15.6. The van der Waals surface area contributed by atoms with Crippen molar-refractivity contribution in [2.45, 2.75) is 58.7 Å². The number of nitrogens with two attached hydrogens (primary N) is 1. The molecular weight excluding hydrogens is 304 g/mol. The predicted octanol–water partition coefficient (Wildman–Crippen LogP) is 2.10. The molecule has 0 saturated heterocycles.